The van der Waals surface area contributed by atoms with Gasteiger partial charge in [0.25, 0.3) is 0 Å². The maximum absolute atomic E-state index is 10.9. The van der Waals surface area contributed by atoms with Crippen molar-refractivity contribution in [2.75, 3.05) is 0 Å². The molecule has 76 valence electrons. The number of aromatic carboxylic acids is 1. The predicted octanol–water partition coefficient (Wildman–Crippen LogP) is 2.05. The summed E-state index contributed by atoms with van der Waals surface area (Å²) in [7, 11) is 0. The Morgan fingerprint density at radius 1 is 1.57 bits per heavy atom. The van der Waals surface area contributed by atoms with Crippen molar-refractivity contribution in [2.45, 2.75) is 26.7 Å². The average Bonchev–Trinajstić information content (AvgIpc) is 2.42. The lowest BCUT2D eigenvalue weighted by Crippen LogP contribution is -2.02. The molecule has 4 nitrogen and oxygen atoms in total. The molecule has 1 rings (SSSR count). The lowest BCUT2D eigenvalue weighted by Gasteiger charge is -1.94. The monoisotopic (exact) mass is 196 g/mol. The number of aldehydes is 1. The first-order valence-corrected chi connectivity index (χ1v) is 4.42. The van der Waals surface area contributed by atoms with Gasteiger partial charge < -0.3 is 9.52 Å². The fourth-order valence-corrected chi connectivity index (χ4v) is 1.40. The highest BCUT2D eigenvalue weighted by atomic mass is 16.4. The Morgan fingerprint density at radius 3 is 2.64 bits per heavy atom. The largest absolute Gasteiger partial charge is 0.478 e. The van der Waals surface area contributed by atoms with Crippen LogP contribution in [0, 0.1) is 6.92 Å². The fraction of sp³-hybridized carbons (Fsp3) is 0.400. The van der Waals surface area contributed by atoms with Crippen molar-refractivity contribution in [3.63, 3.8) is 0 Å². The van der Waals surface area contributed by atoms with E-state index in [0.717, 1.165) is 6.42 Å². The van der Waals surface area contributed by atoms with E-state index in [1.165, 1.54) is 0 Å². The lowest BCUT2D eigenvalue weighted by atomic mass is 10.1. The molecule has 0 atom stereocenters. The summed E-state index contributed by atoms with van der Waals surface area (Å²) in [6, 6.07) is 0. The van der Waals surface area contributed by atoms with Gasteiger partial charge >= 0.3 is 5.97 Å². The van der Waals surface area contributed by atoms with E-state index >= 15 is 0 Å². The molecule has 0 saturated carbocycles. The van der Waals surface area contributed by atoms with Crippen LogP contribution in [0.15, 0.2) is 4.42 Å². The number of hydrogen-bond donors (Lipinski definition) is 1. The Hall–Kier alpha value is -1.58. The SMILES string of the molecule is CCCc1oc(C)c(C=O)c1C(=O)O. The van der Waals surface area contributed by atoms with Gasteiger partial charge in [-0.25, -0.2) is 4.79 Å². The first kappa shape index (κ1) is 10.5. The van der Waals surface area contributed by atoms with Crippen molar-refractivity contribution in [1.82, 2.24) is 0 Å². The van der Waals surface area contributed by atoms with Crippen LogP contribution in [-0.2, 0) is 6.42 Å². The third-order valence-corrected chi connectivity index (χ3v) is 2.01. The van der Waals surface area contributed by atoms with Gasteiger partial charge in [0, 0.05) is 6.42 Å². The molecule has 0 fully saturated rings. The second kappa shape index (κ2) is 4.09. The molecule has 0 saturated heterocycles. The number of aryl methyl sites for hydroxylation is 2. The Labute approximate surface area is 81.5 Å². The third-order valence-electron chi connectivity index (χ3n) is 2.01. The van der Waals surface area contributed by atoms with Gasteiger partial charge in [0.1, 0.15) is 17.1 Å². The quantitative estimate of drug-likeness (QED) is 0.748. The smallest absolute Gasteiger partial charge is 0.340 e. The summed E-state index contributed by atoms with van der Waals surface area (Å²) < 4.78 is 5.23. The minimum absolute atomic E-state index is 0.0133. The molecular formula is C10H12O4. The van der Waals surface area contributed by atoms with Gasteiger partial charge in [-0.15, -0.1) is 0 Å². The van der Waals surface area contributed by atoms with Crippen LogP contribution in [0.2, 0.25) is 0 Å². The van der Waals surface area contributed by atoms with E-state index in [9.17, 15) is 9.59 Å². The molecule has 0 amide bonds. The predicted molar refractivity (Wildman–Crippen MR) is 49.8 cm³/mol. The van der Waals surface area contributed by atoms with Crippen molar-refractivity contribution in [1.29, 1.82) is 0 Å². The second-order valence-corrected chi connectivity index (χ2v) is 3.04. The molecule has 1 heterocycles. The van der Waals surface area contributed by atoms with Crippen LogP contribution in [0.25, 0.3) is 0 Å². The second-order valence-electron chi connectivity index (χ2n) is 3.04. The zero-order chi connectivity index (χ0) is 10.7. The zero-order valence-corrected chi connectivity index (χ0v) is 8.16. The third kappa shape index (κ3) is 1.69. The van der Waals surface area contributed by atoms with Gasteiger partial charge in [-0.3, -0.25) is 4.79 Å². The zero-order valence-electron chi connectivity index (χ0n) is 8.16. The van der Waals surface area contributed by atoms with Gasteiger partial charge in [-0.1, -0.05) is 6.92 Å². The highest BCUT2D eigenvalue weighted by Gasteiger charge is 2.22. The Balaban J connectivity index is 3.29. The van der Waals surface area contributed by atoms with Crippen molar-refractivity contribution >= 4 is 12.3 Å². The van der Waals surface area contributed by atoms with Gasteiger partial charge in [0.05, 0.1) is 5.56 Å². The van der Waals surface area contributed by atoms with Crippen molar-refractivity contribution in [2.24, 2.45) is 0 Å². The van der Waals surface area contributed by atoms with Crippen LogP contribution in [0.3, 0.4) is 0 Å². The molecule has 0 unspecified atom stereocenters. The van der Waals surface area contributed by atoms with E-state index in [1.807, 2.05) is 6.92 Å². The number of carboxylic acids is 1. The van der Waals surface area contributed by atoms with Gasteiger partial charge in [-0.05, 0) is 13.3 Å². The molecule has 0 radical (unpaired) electrons. The molecule has 4 heteroatoms. The van der Waals surface area contributed by atoms with E-state index in [1.54, 1.807) is 6.92 Å². The Morgan fingerprint density at radius 2 is 2.21 bits per heavy atom. The maximum Gasteiger partial charge on any atom is 0.340 e. The summed E-state index contributed by atoms with van der Waals surface area (Å²) in [5, 5.41) is 8.90. The number of furan rings is 1. The first-order chi connectivity index (χ1) is 6.61. The molecule has 1 aromatic rings. The number of carboxylic acid groups (broad SMARTS) is 1. The molecule has 0 aliphatic rings. The summed E-state index contributed by atoms with van der Waals surface area (Å²) in [5.74, 6) is -0.340. The fourth-order valence-electron chi connectivity index (χ4n) is 1.40. The highest BCUT2D eigenvalue weighted by Crippen LogP contribution is 2.22. The molecule has 0 aliphatic carbocycles. The van der Waals surface area contributed by atoms with Crippen LogP contribution in [0.1, 0.15) is 45.6 Å². The summed E-state index contributed by atoms with van der Waals surface area (Å²) in [4.78, 5) is 21.5. The summed E-state index contributed by atoms with van der Waals surface area (Å²) in [6.45, 7) is 3.51. The van der Waals surface area contributed by atoms with E-state index in [2.05, 4.69) is 0 Å². The molecule has 0 spiro atoms. The minimum atomic E-state index is -1.10. The number of carbonyl (C=O) groups is 2. The normalized spacial score (nSPS) is 10.1. The molecule has 0 aromatic carbocycles. The van der Waals surface area contributed by atoms with Gasteiger partial charge in [0.15, 0.2) is 6.29 Å². The van der Waals surface area contributed by atoms with E-state index < -0.39 is 5.97 Å². The Bertz CT molecular complexity index is 362. The van der Waals surface area contributed by atoms with Gasteiger partial charge in [0.2, 0.25) is 0 Å². The molecule has 0 bridgehead atoms. The summed E-state index contributed by atoms with van der Waals surface area (Å²) in [5.41, 5.74) is 0.167. The van der Waals surface area contributed by atoms with Crippen molar-refractivity contribution in [3.8, 4) is 0 Å². The summed E-state index contributed by atoms with van der Waals surface area (Å²) >= 11 is 0. The van der Waals surface area contributed by atoms with Crippen molar-refractivity contribution in [3.05, 3.63) is 22.6 Å². The lowest BCUT2D eigenvalue weighted by molar-refractivity contribution is 0.0692. The van der Waals surface area contributed by atoms with Crippen LogP contribution in [0.4, 0.5) is 0 Å². The van der Waals surface area contributed by atoms with Crippen LogP contribution in [0.5, 0.6) is 0 Å². The topological polar surface area (TPSA) is 67.5 Å². The molecule has 0 aliphatic heterocycles. The number of hydrogen-bond acceptors (Lipinski definition) is 3. The Kier molecular flexibility index (Phi) is 3.06. The summed E-state index contributed by atoms with van der Waals surface area (Å²) in [6.07, 6.45) is 1.85. The van der Waals surface area contributed by atoms with Crippen LogP contribution >= 0.6 is 0 Å². The minimum Gasteiger partial charge on any atom is -0.478 e. The standard InChI is InChI=1S/C10H12O4/c1-3-4-8-9(10(12)13)7(5-11)6(2)14-8/h5H,3-4H2,1-2H3,(H,12,13). The molecule has 14 heavy (non-hydrogen) atoms. The number of rotatable bonds is 4. The molecular weight excluding hydrogens is 184 g/mol. The van der Waals surface area contributed by atoms with Crippen LogP contribution in [-0.4, -0.2) is 17.4 Å². The van der Waals surface area contributed by atoms with E-state index in [-0.39, 0.29) is 11.1 Å². The molecule has 1 aromatic heterocycles. The maximum atomic E-state index is 10.9. The first-order valence-electron chi connectivity index (χ1n) is 4.42. The highest BCUT2D eigenvalue weighted by molar-refractivity contribution is 5.98. The van der Waals surface area contributed by atoms with Gasteiger partial charge in [-0.2, -0.15) is 0 Å². The number of carbonyl (C=O) groups excluding carboxylic acids is 1. The molecule has 1 N–H and O–H groups in total. The average molecular weight is 196 g/mol. The van der Waals surface area contributed by atoms with Crippen molar-refractivity contribution < 1.29 is 19.1 Å². The van der Waals surface area contributed by atoms with Crippen LogP contribution < -0.4 is 0 Å². The van der Waals surface area contributed by atoms with E-state index in [0.29, 0.717) is 24.2 Å². The van der Waals surface area contributed by atoms with E-state index in [4.69, 9.17) is 9.52 Å².